The number of nitrogens with zero attached hydrogens (tertiary/aromatic N) is 3. The highest BCUT2D eigenvalue weighted by atomic mass is 19.4. The number of hydrogen-bond donors (Lipinski definition) is 2. The Bertz CT molecular complexity index is 1020. The van der Waals surface area contributed by atoms with Crippen molar-refractivity contribution in [3.63, 3.8) is 0 Å². The summed E-state index contributed by atoms with van der Waals surface area (Å²) in [6.45, 7) is 0. The minimum atomic E-state index is -5.08. The lowest BCUT2D eigenvalue weighted by atomic mass is 10.1. The van der Waals surface area contributed by atoms with E-state index >= 15 is 0 Å². The molecule has 4 rings (SSSR count). The topological polar surface area (TPSA) is 100 Å². The molecule has 0 amide bonds. The van der Waals surface area contributed by atoms with Crippen LogP contribution in [0.2, 0.25) is 0 Å². The van der Waals surface area contributed by atoms with Crippen molar-refractivity contribution in [1.82, 2.24) is 19.6 Å². The molecule has 0 bridgehead atoms. The van der Waals surface area contributed by atoms with Crippen LogP contribution in [0.15, 0.2) is 35.4 Å². The van der Waals surface area contributed by atoms with E-state index in [4.69, 9.17) is 9.90 Å². The van der Waals surface area contributed by atoms with Gasteiger partial charge in [-0.05, 0) is 36.5 Å². The summed E-state index contributed by atoms with van der Waals surface area (Å²) < 4.78 is 33.3. The van der Waals surface area contributed by atoms with Crippen LogP contribution >= 0.6 is 0 Å². The zero-order valence-corrected chi connectivity index (χ0v) is 13.2. The third kappa shape index (κ3) is 3.58. The highest BCUT2D eigenvalue weighted by Crippen LogP contribution is 2.26. The van der Waals surface area contributed by atoms with Gasteiger partial charge in [-0.2, -0.15) is 13.2 Å². The molecule has 1 aliphatic carbocycles. The molecule has 3 aromatic rings. The number of nitrogens with one attached hydrogen (secondary N) is 1. The van der Waals surface area contributed by atoms with E-state index in [-0.39, 0.29) is 5.56 Å². The quantitative estimate of drug-likeness (QED) is 0.688. The molecule has 2 N–H and O–H groups in total. The lowest BCUT2D eigenvalue weighted by Crippen LogP contribution is -2.21. The zero-order valence-electron chi connectivity index (χ0n) is 13.2. The first-order valence-corrected chi connectivity index (χ1v) is 7.61. The van der Waals surface area contributed by atoms with Gasteiger partial charge < -0.3 is 10.1 Å². The largest absolute Gasteiger partial charge is 0.490 e. The number of aliphatic carboxylic acids is 1. The van der Waals surface area contributed by atoms with Crippen LogP contribution in [0, 0.1) is 0 Å². The van der Waals surface area contributed by atoms with Crippen molar-refractivity contribution in [1.29, 1.82) is 0 Å². The molecule has 0 saturated heterocycles. The molecule has 7 nitrogen and oxygen atoms in total. The molecule has 1 aromatic carbocycles. The van der Waals surface area contributed by atoms with Crippen LogP contribution in [0.3, 0.4) is 0 Å². The fraction of sp³-hybridized carbons (Fsp3) is 0.250. The second-order valence-corrected chi connectivity index (χ2v) is 5.64. The van der Waals surface area contributed by atoms with Crippen molar-refractivity contribution in [2.45, 2.75) is 25.4 Å². The molecule has 0 unspecified atom stereocenters. The van der Waals surface area contributed by atoms with Gasteiger partial charge in [0.05, 0.1) is 0 Å². The van der Waals surface area contributed by atoms with Gasteiger partial charge >= 0.3 is 12.1 Å². The third-order valence-electron chi connectivity index (χ3n) is 3.88. The van der Waals surface area contributed by atoms with Gasteiger partial charge in [-0.3, -0.25) is 4.79 Å². The van der Waals surface area contributed by atoms with Crippen molar-refractivity contribution in [2.24, 2.45) is 0 Å². The summed E-state index contributed by atoms with van der Waals surface area (Å²) in [5, 5.41) is 11.5. The van der Waals surface area contributed by atoms with Crippen molar-refractivity contribution in [3.8, 4) is 11.4 Å². The van der Waals surface area contributed by atoms with Crippen LogP contribution in [0.4, 0.5) is 13.2 Å². The number of halogens is 3. The molecule has 2 heterocycles. The van der Waals surface area contributed by atoms with E-state index in [1.165, 1.54) is 22.1 Å². The van der Waals surface area contributed by atoms with Crippen LogP contribution in [-0.2, 0) is 17.6 Å². The number of benzene rings is 1. The molecule has 10 heteroatoms. The summed E-state index contributed by atoms with van der Waals surface area (Å²) in [4.78, 5) is 27.5. The molecule has 0 saturated carbocycles. The van der Waals surface area contributed by atoms with E-state index in [0.29, 0.717) is 11.5 Å². The van der Waals surface area contributed by atoms with Gasteiger partial charge in [0.15, 0.2) is 5.82 Å². The molecular formula is C16H13F3N4O3. The maximum atomic E-state index is 11.9. The summed E-state index contributed by atoms with van der Waals surface area (Å²) >= 11 is 0. The summed E-state index contributed by atoms with van der Waals surface area (Å²) in [5.41, 5.74) is 3.84. The van der Waals surface area contributed by atoms with Gasteiger partial charge in [0.1, 0.15) is 0 Å². The Morgan fingerprint density at radius 3 is 2.62 bits per heavy atom. The first-order valence-electron chi connectivity index (χ1n) is 7.61. The maximum Gasteiger partial charge on any atom is 0.490 e. The van der Waals surface area contributed by atoms with E-state index in [2.05, 4.69) is 27.2 Å². The van der Waals surface area contributed by atoms with Gasteiger partial charge in [0.25, 0.3) is 5.56 Å². The average Bonchev–Trinajstić information content (AvgIpc) is 3.22. The van der Waals surface area contributed by atoms with E-state index in [9.17, 15) is 18.0 Å². The smallest absolute Gasteiger partial charge is 0.475 e. The number of carbonyl (C=O) groups is 1. The molecule has 26 heavy (non-hydrogen) atoms. The first-order chi connectivity index (χ1) is 12.3. The number of aryl methyl sites for hydroxylation is 2. The van der Waals surface area contributed by atoms with Crippen LogP contribution in [0.5, 0.6) is 0 Å². The van der Waals surface area contributed by atoms with Crippen LogP contribution in [-0.4, -0.2) is 36.8 Å². The van der Waals surface area contributed by atoms with Gasteiger partial charge in [-0.25, -0.2) is 14.3 Å². The number of fused-ring (bicyclic) bond motifs is 2. The minimum absolute atomic E-state index is 0.213. The average molecular weight is 366 g/mol. The Balaban J connectivity index is 0.000000242. The number of carboxylic acids is 1. The van der Waals surface area contributed by atoms with E-state index < -0.39 is 12.1 Å². The van der Waals surface area contributed by atoms with Crippen LogP contribution in [0.1, 0.15) is 17.5 Å². The molecule has 2 aromatic heterocycles. The van der Waals surface area contributed by atoms with Gasteiger partial charge in [-0.1, -0.05) is 12.1 Å². The molecule has 136 valence electrons. The first kappa shape index (κ1) is 17.6. The van der Waals surface area contributed by atoms with Crippen molar-refractivity contribution in [3.05, 3.63) is 52.1 Å². The lowest BCUT2D eigenvalue weighted by molar-refractivity contribution is -0.192. The monoisotopic (exact) mass is 366 g/mol. The number of imidazole rings is 1. The molecule has 0 spiro atoms. The van der Waals surface area contributed by atoms with E-state index in [1.54, 1.807) is 12.4 Å². The predicted molar refractivity (Wildman–Crippen MR) is 84.8 cm³/mol. The van der Waals surface area contributed by atoms with Gasteiger partial charge in [0, 0.05) is 18.0 Å². The SMILES string of the molecule is O=C(O)C(F)(F)F.O=c1[nH]c(-c2ccc3c(c2)CCC3)nn2ccnc12. The number of rotatable bonds is 1. The zero-order chi connectivity index (χ0) is 18.9. The molecule has 0 fully saturated rings. The summed E-state index contributed by atoms with van der Waals surface area (Å²) in [7, 11) is 0. The standard InChI is InChI=1S/C14H12N4O.C2HF3O2/c19-14-13-15-6-7-18(13)17-12(16-14)11-5-4-9-2-1-3-10(9)8-11;3-2(4,5)1(6)7/h4-8H,1-3H2,(H,16,17,19);(H,6,7). The number of H-pyrrole nitrogens is 1. The third-order valence-corrected chi connectivity index (χ3v) is 3.88. The molecular weight excluding hydrogens is 353 g/mol. The van der Waals surface area contributed by atoms with E-state index in [0.717, 1.165) is 18.4 Å². The fourth-order valence-corrected chi connectivity index (χ4v) is 2.69. The molecule has 0 aliphatic heterocycles. The number of aromatic amines is 1. The second kappa shape index (κ2) is 6.62. The van der Waals surface area contributed by atoms with Gasteiger partial charge in [0.2, 0.25) is 5.65 Å². The lowest BCUT2D eigenvalue weighted by Gasteiger charge is -2.04. The normalized spacial score (nSPS) is 13.2. The number of alkyl halides is 3. The molecule has 1 aliphatic rings. The van der Waals surface area contributed by atoms with Crippen molar-refractivity contribution < 1.29 is 23.1 Å². The van der Waals surface area contributed by atoms with E-state index in [1.807, 2.05) is 6.07 Å². The molecule has 0 atom stereocenters. The highest BCUT2D eigenvalue weighted by molar-refractivity contribution is 5.73. The Morgan fingerprint density at radius 2 is 1.92 bits per heavy atom. The van der Waals surface area contributed by atoms with Crippen LogP contribution < -0.4 is 5.56 Å². The number of aromatic nitrogens is 4. The predicted octanol–water partition coefficient (Wildman–Crippen LogP) is 2.21. The molecule has 0 radical (unpaired) electrons. The fourth-order valence-electron chi connectivity index (χ4n) is 2.69. The Kier molecular flexibility index (Phi) is 4.49. The Hall–Kier alpha value is -3.17. The van der Waals surface area contributed by atoms with Crippen molar-refractivity contribution >= 4 is 11.6 Å². The summed E-state index contributed by atoms with van der Waals surface area (Å²) in [6, 6.07) is 6.28. The maximum absolute atomic E-state index is 11.9. The Labute approximate surface area is 144 Å². The number of hydrogen-bond acceptors (Lipinski definition) is 4. The minimum Gasteiger partial charge on any atom is -0.475 e. The van der Waals surface area contributed by atoms with Crippen LogP contribution in [0.25, 0.3) is 17.0 Å². The summed E-state index contributed by atoms with van der Waals surface area (Å²) in [5.74, 6) is -2.17. The van der Waals surface area contributed by atoms with Gasteiger partial charge in [-0.15, -0.1) is 5.10 Å². The summed E-state index contributed by atoms with van der Waals surface area (Å²) in [6.07, 6.45) is 1.65. The van der Waals surface area contributed by atoms with Crippen molar-refractivity contribution in [2.75, 3.05) is 0 Å². The Morgan fingerprint density at radius 1 is 1.23 bits per heavy atom. The number of carboxylic acid groups (broad SMARTS) is 1. The second-order valence-electron chi connectivity index (χ2n) is 5.64. The highest BCUT2D eigenvalue weighted by Gasteiger charge is 2.38.